The van der Waals surface area contributed by atoms with Gasteiger partial charge in [-0.05, 0) is 12.1 Å². The number of aromatic amines is 1. The van der Waals surface area contributed by atoms with Gasteiger partial charge in [0.15, 0.2) is 0 Å². The van der Waals surface area contributed by atoms with Crippen LogP contribution >= 0.6 is 0 Å². The monoisotopic (exact) mass is 163 g/mol. The van der Waals surface area contributed by atoms with Crippen LogP contribution in [0.2, 0.25) is 0 Å². The summed E-state index contributed by atoms with van der Waals surface area (Å²) in [6.45, 7) is 0.417. The molecule has 0 amide bonds. The average molecular weight is 163 g/mol. The predicted molar refractivity (Wildman–Crippen MR) is 43.6 cm³/mol. The average Bonchev–Trinajstić information content (AvgIpc) is 2.75. The summed E-state index contributed by atoms with van der Waals surface area (Å²) in [5, 5.41) is 7.74. The molecule has 5 nitrogen and oxygen atoms in total. The minimum absolute atomic E-state index is 0.417. The SMILES string of the molecule is NCc1cn(-c2ccc[nH]2)nn1. The van der Waals surface area contributed by atoms with Gasteiger partial charge in [-0.25, -0.2) is 4.68 Å². The molecule has 0 atom stereocenters. The van der Waals surface area contributed by atoms with Crippen LogP contribution in [0.5, 0.6) is 0 Å². The highest BCUT2D eigenvalue weighted by Crippen LogP contribution is 2.01. The number of aromatic nitrogens is 4. The lowest BCUT2D eigenvalue weighted by atomic mass is 10.5. The van der Waals surface area contributed by atoms with Crippen molar-refractivity contribution in [1.29, 1.82) is 0 Å². The second kappa shape index (κ2) is 2.78. The molecule has 0 radical (unpaired) electrons. The molecule has 5 heteroatoms. The van der Waals surface area contributed by atoms with Gasteiger partial charge in [-0.15, -0.1) is 5.10 Å². The van der Waals surface area contributed by atoms with Crippen molar-refractivity contribution in [3.05, 3.63) is 30.2 Å². The van der Waals surface area contributed by atoms with Crippen LogP contribution in [0.1, 0.15) is 5.69 Å². The molecule has 0 saturated heterocycles. The van der Waals surface area contributed by atoms with E-state index >= 15 is 0 Å². The first kappa shape index (κ1) is 7.05. The summed E-state index contributed by atoms with van der Waals surface area (Å²) in [7, 11) is 0. The second-order valence-electron chi connectivity index (χ2n) is 2.41. The quantitative estimate of drug-likeness (QED) is 0.657. The van der Waals surface area contributed by atoms with Gasteiger partial charge in [0, 0.05) is 12.7 Å². The zero-order chi connectivity index (χ0) is 8.39. The van der Waals surface area contributed by atoms with Crippen molar-refractivity contribution in [2.75, 3.05) is 0 Å². The summed E-state index contributed by atoms with van der Waals surface area (Å²) in [5.74, 6) is 0.891. The van der Waals surface area contributed by atoms with Gasteiger partial charge < -0.3 is 10.7 Å². The van der Waals surface area contributed by atoms with Crippen molar-refractivity contribution in [2.45, 2.75) is 6.54 Å². The maximum absolute atomic E-state index is 5.39. The molecule has 2 rings (SSSR count). The number of hydrogen-bond acceptors (Lipinski definition) is 3. The highest BCUT2D eigenvalue weighted by molar-refractivity contribution is 5.20. The number of hydrogen-bond donors (Lipinski definition) is 2. The van der Waals surface area contributed by atoms with Crippen molar-refractivity contribution in [1.82, 2.24) is 20.0 Å². The fourth-order valence-electron chi connectivity index (χ4n) is 0.973. The Hall–Kier alpha value is -1.62. The van der Waals surface area contributed by atoms with E-state index in [9.17, 15) is 0 Å². The maximum atomic E-state index is 5.39. The Morgan fingerprint density at radius 1 is 1.58 bits per heavy atom. The van der Waals surface area contributed by atoms with Crippen LogP contribution in [0.25, 0.3) is 5.82 Å². The van der Waals surface area contributed by atoms with Gasteiger partial charge in [-0.3, -0.25) is 0 Å². The molecule has 2 heterocycles. The third-order valence-electron chi connectivity index (χ3n) is 1.58. The first-order valence-corrected chi connectivity index (χ1v) is 3.65. The van der Waals surface area contributed by atoms with E-state index in [1.54, 1.807) is 10.9 Å². The molecule has 0 fully saturated rings. The molecule has 0 bridgehead atoms. The topological polar surface area (TPSA) is 72.5 Å². The van der Waals surface area contributed by atoms with Crippen molar-refractivity contribution in [3.8, 4) is 5.82 Å². The fraction of sp³-hybridized carbons (Fsp3) is 0.143. The Morgan fingerprint density at radius 2 is 2.50 bits per heavy atom. The van der Waals surface area contributed by atoms with Crippen LogP contribution < -0.4 is 5.73 Å². The van der Waals surface area contributed by atoms with Gasteiger partial charge in [-0.2, -0.15) is 0 Å². The molecule has 0 unspecified atom stereocenters. The number of nitrogens with one attached hydrogen (secondary N) is 1. The first-order valence-electron chi connectivity index (χ1n) is 3.65. The van der Waals surface area contributed by atoms with Crippen molar-refractivity contribution in [3.63, 3.8) is 0 Å². The Kier molecular flexibility index (Phi) is 1.64. The number of rotatable bonds is 2. The van der Waals surface area contributed by atoms with Crippen LogP contribution in [-0.2, 0) is 6.54 Å². The van der Waals surface area contributed by atoms with Gasteiger partial charge in [0.25, 0.3) is 0 Å². The van der Waals surface area contributed by atoms with E-state index in [0.29, 0.717) is 6.54 Å². The van der Waals surface area contributed by atoms with Gasteiger partial charge in [0.2, 0.25) is 0 Å². The minimum atomic E-state index is 0.417. The molecule has 0 aliphatic heterocycles. The Balaban J connectivity index is 2.35. The van der Waals surface area contributed by atoms with E-state index in [1.807, 2.05) is 18.3 Å². The van der Waals surface area contributed by atoms with Gasteiger partial charge in [0.05, 0.1) is 11.9 Å². The lowest BCUT2D eigenvalue weighted by Gasteiger charge is -1.91. The normalized spacial score (nSPS) is 10.4. The third kappa shape index (κ3) is 1.10. The molecular formula is C7H9N5. The minimum Gasteiger partial charge on any atom is -0.347 e. The Bertz CT molecular complexity index is 348. The van der Waals surface area contributed by atoms with Gasteiger partial charge in [-0.1, -0.05) is 5.21 Å². The number of nitrogens with two attached hydrogens (primary N) is 1. The van der Waals surface area contributed by atoms with Crippen LogP contribution in [0.3, 0.4) is 0 Å². The summed E-state index contributed by atoms with van der Waals surface area (Å²) < 4.78 is 1.65. The van der Waals surface area contributed by atoms with Gasteiger partial charge in [0.1, 0.15) is 5.82 Å². The molecule has 0 spiro atoms. The smallest absolute Gasteiger partial charge is 0.133 e. The summed E-state index contributed by atoms with van der Waals surface area (Å²) in [6, 6.07) is 3.81. The van der Waals surface area contributed by atoms with Gasteiger partial charge >= 0.3 is 0 Å². The fourth-order valence-corrected chi connectivity index (χ4v) is 0.973. The Labute approximate surface area is 69.2 Å². The zero-order valence-electron chi connectivity index (χ0n) is 6.44. The van der Waals surface area contributed by atoms with E-state index in [1.165, 1.54) is 0 Å². The van der Waals surface area contributed by atoms with E-state index in [4.69, 9.17) is 5.73 Å². The van der Waals surface area contributed by atoms with Crippen LogP contribution in [0.4, 0.5) is 0 Å². The highest BCUT2D eigenvalue weighted by Gasteiger charge is 1.99. The van der Waals surface area contributed by atoms with E-state index < -0.39 is 0 Å². The first-order chi connectivity index (χ1) is 5.90. The molecular weight excluding hydrogens is 154 g/mol. The summed E-state index contributed by atoms with van der Waals surface area (Å²) in [4.78, 5) is 3.01. The summed E-state index contributed by atoms with van der Waals surface area (Å²) in [6.07, 6.45) is 3.63. The van der Waals surface area contributed by atoms with Crippen LogP contribution in [-0.4, -0.2) is 20.0 Å². The highest BCUT2D eigenvalue weighted by atomic mass is 15.4. The molecule has 3 N–H and O–H groups in total. The largest absolute Gasteiger partial charge is 0.347 e. The van der Waals surface area contributed by atoms with Crippen molar-refractivity contribution in [2.24, 2.45) is 5.73 Å². The van der Waals surface area contributed by atoms with Crippen molar-refractivity contribution < 1.29 is 0 Å². The maximum Gasteiger partial charge on any atom is 0.133 e. The van der Waals surface area contributed by atoms with E-state index in [0.717, 1.165) is 11.5 Å². The molecule has 0 saturated carbocycles. The molecule has 2 aromatic heterocycles. The lowest BCUT2D eigenvalue weighted by molar-refractivity contribution is 0.781. The number of H-pyrrole nitrogens is 1. The van der Waals surface area contributed by atoms with E-state index in [-0.39, 0.29) is 0 Å². The molecule has 0 aliphatic rings. The molecule has 0 aromatic carbocycles. The Morgan fingerprint density at radius 3 is 3.08 bits per heavy atom. The lowest BCUT2D eigenvalue weighted by Crippen LogP contribution is -1.95. The van der Waals surface area contributed by atoms with Crippen LogP contribution in [0.15, 0.2) is 24.5 Å². The molecule has 62 valence electrons. The predicted octanol–water partition coefficient (Wildman–Crippen LogP) is 0.0541. The molecule has 12 heavy (non-hydrogen) atoms. The standard InChI is InChI=1S/C7H9N5/c8-4-6-5-12(11-10-6)7-2-1-3-9-7/h1-3,5,9H,4,8H2. The molecule has 2 aromatic rings. The van der Waals surface area contributed by atoms with Crippen molar-refractivity contribution >= 4 is 0 Å². The second-order valence-corrected chi connectivity index (χ2v) is 2.41. The van der Waals surface area contributed by atoms with Crippen LogP contribution in [0, 0.1) is 0 Å². The zero-order valence-corrected chi connectivity index (χ0v) is 6.44. The summed E-state index contributed by atoms with van der Waals surface area (Å²) >= 11 is 0. The third-order valence-corrected chi connectivity index (χ3v) is 1.58. The van der Waals surface area contributed by atoms with E-state index in [2.05, 4.69) is 15.3 Å². The molecule has 0 aliphatic carbocycles. The summed E-state index contributed by atoms with van der Waals surface area (Å²) in [5.41, 5.74) is 6.17. The number of nitrogens with zero attached hydrogens (tertiary/aromatic N) is 3.